The Labute approximate surface area is 118 Å². The van der Waals surface area contributed by atoms with Crippen molar-refractivity contribution < 1.29 is 23.0 Å². The maximum absolute atomic E-state index is 12.0. The van der Waals surface area contributed by atoms with Gasteiger partial charge in [0.15, 0.2) is 0 Å². The molecule has 2 aromatic rings. The van der Waals surface area contributed by atoms with Crippen LogP contribution in [0, 0.1) is 6.92 Å². The number of aliphatic hydroxyl groups excluding tert-OH is 1. The molecule has 0 aliphatic rings. The molecule has 1 atom stereocenters. The molecule has 1 aromatic heterocycles. The highest BCUT2D eigenvalue weighted by Crippen LogP contribution is 2.27. The summed E-state index contributed by atoms with van der Waals surface area (Å²) in [5.41, 5.74) is 2.61. The minimum absolute atomic E-state index is 0.262. The van der Waals surface area contributed by atoms with Crippen LogP contribution in [0.2, 0.25) is 0 Å². The number of thiophene rings is 1. The standard InChI is InChI=1S/C14H13F3O2S/c1-9-7-20-8-12(9)13(18)6-10-2-4-11(5-3-10)19-14(15,16)17/h2-5,7-8,13,18H,6H2,1H3. The van der Waals surface area contributed by atoms with Crippen molar-refractivity contribution in [3.05, 3.63) is 51.7 Å². The summed E-state index contributed by atoms with van der Waals surface area (Å²) in [5, 5.41) is 13.9. The van der Waals surface area contributed by atoms with Gasteiger partial charge in [-0.05, 0) is 46.5 Å². The summed E-state index contributed by atoms with van der Waals surface area (Å²) in [6.07, 6.45) is -4.99. The second-order valence-corrected chi connectivity index (χ2v) is 5.17. The monoisotopic (exact) mass is 302 g/mol. The van der Waals surface area contributed by atoms with Crippen molar-refractivity contribution in [2.24, 2.45) is 0 Å². The van der Waals surface area contributed by atoms with Gasteiger partial charge in [0.1, 0.15) is 5.75 Å². The third-order valence-corrected chi connectivity index (χ3v) is 3.72. The molecule has 0 aliphatic carbocycles. The van der Waals surface area contributed by atoms with Crippen LogP contribution >= 0.6 is 11.3 Å². The molecule has 0 saturated carbocycles. The molecule has 0 radical (unpaired) electrons. The molecule has 0 spiro atoms. The molecule has 0 aliphatic heterocycles. The van der Waals surface area contributed by atoms with E-state index in [1.807, 2.05) is 17.7 Å². The normalized spacial score (nSPS) is 13.2. The Hall–Kier alpha value is -1.53. The van der Waals surface area contributed by atoms with Gasteiger partial charge in [-0.3, -0.25) is 0 Å². The van der Waals surface area contributed by atoms with E-state index in [1.165, 1.54) is 35.6 Å². The van der Waals surface area contributed by atoms with Gasteiger partial charge in [0.25, 0.3) is 0 Å². The molecular formula is C14H13F3O2S. The number of aliphatic hydroxyl groups is 1. The predicted octanol–water partition coefficient (Wildman–Crippen LogP) is 4.23. The lowest BCUT2D eigenvalue weighted by Gasteiger charge is -2.12. The van der Waals surface area contributed by atoms with Crippen LogP contribution in [-0.2, 0) is 6.42 Å². The minimum atomic E-state index is -4.69. The van der Waals surface area contributed by atoms with Crippen molar-refractivity contribution >= 4 is 11.3 Å². The van der Waals surface area contributed by atoms with Crippen LogP contribution in [0.1, 0.15) is 22.8 Å². The molecule has 1 heterocycles. The molecule has 1 aromatic carbocycles. The number of hydrogen-bond donors (Lipinski definition) is 1. The Morgan fingerprint density at radius 2 is 1.85 bits per heavy atom. The average molecular weight is 302 g/mol. The van der Waals surface area contributed by atoms with Gasteiger partial charge < -0.3 is 9.84 Å². The fraction of sp³-hybridized carbons (Fsp3) is 0.286. The summed E-state index contributed by atoms with van der Waals surface area (Å²) in [5.74, 6) is -0.262. The van der Waals surface area contributed by atoms with Gasteiger partial charge in [-0.1, -0.05) is 12.1 Å². The number of rotatable bonds is 4. The van der Waals surface area contributed by atoms with E-state index in [2.05, 4.69) is 4.74 Å². The third-order valence-electron chi connectivity index (χ3n) is 2.84. The number of alkyl halides is 3. The van der Waals surface area contributed by atoms with E-state index in [0.717, 1.165) is 16.7 Å². The fourth-order valence-corrected chi connectivity index (χ4v) is 2.77. The highest BCUT2D eigenvalue weighted by Gasteiger charge is 2.30. The Morgan fingerprint density at radius 1 is 1.20 bits per heavy atom. The molecule has 1 unspecified atom stereocenters. The molecule has 1 N–H and O–H groups in total. The SMILES string of the molecule is Cc1cscc1C(O)Cc1ccc(OC(F)(F)F)cc1. The summed E-state index contributed by atoms with van der Waals surface area (Å²) < 4.78 is 39.9. The van der Waals surface area contributed by atoms with Crippen molar-refractivity contribution in [1.29, 1.82) is 0 Å². The first-order chi connectivity index (χ1) is 9.35. The van der Waals surface area contributed by atoms with E-state index < -0.39 is 12.5 Å². The Balaban J connectivity index is 2.02. The highest BCUT2D eigenvalue weighted by atomic mass is 32.1. The fourth-order valence-electron chi connectivity index (χ4n) is 1.87. The number of ether oxygens (including phenoxy) is 1. The molecule has 0 saturated heterocycles. The Bertz CT molecular complexity index is 561. The summed E-state index contributed by atoms with van der Waals surface area (Å²) in [6.45, 7) is 1.91. The van der Waals surface area contributed by atoms with E-state index in [9.17, 15) is 18.3 Å². The molecular weight excluding hydrogens is 289 g/mol. The van der Waals surface area contributed by atoms with Gasteiger partial charge in [-0.25, -0.2) is 0 Å². The second kappa shape index (κ2) is 5.85. The van der Waals surface area contributed by atoms with Gasteiger partial charge in [0.2, 0.25) is 0 Å². The lowest BCUT2D eigenvalue weighted by molar-refractivity contribution is -0.274. The van der Waals surface area contributed by atoms with Gasteiger partial charge in [0.05, 0.1) is 6.10 Å². The number of halogens is 3. The molecule has 0 bridgehead atoms. The first-order valence-corrected chi connectivity index (χ1v) is 6.85. The summed E-state index contributed by atoms with van der Waals surface area (Å²) in [4.78, 5) is 0. The number of aryl methyl sites for hydroxylation is 1. The number of hydrogen-bond acceptors (Lipinski definition) is 3. The Kier molecular flexibility index (Phi) is 4.35. The lowest BCUT2D eigenvalue weighted by atomic mass is 10.0. The van der Waals surface area contributed by atoms with Crippen LogP contribution in [0.4, 0.5) is 13.2 Å². The van der Waals surface area contributed by atoms with E-state index in [-0.39, 0.29) is 5.75 Å². The van der Waals surface area contributed by atoms with Crippen molar-refractivity contribution in [1.82, 2.24) is 0 Å². The summed E-state index contributed by atoms with van der Waals surface area (Å²) >= 11 is 1.51. The largest absolute Gasteiger partial charge is 0.573 e. The first-order valence-electron chi connectivity index (χ1n) is 5.90. The van der Waals surface area contributed by atoms with Crippen molar-refractivity contribution in [3.8, 4) is 5.75 Å². The van der Waals surface area contributed by atoms with Crippen LogP contribution in [0.3, 0.4) is 0 Å². The minimum Gasteiger partial charge on any atom is -0.406 e. The van der Waals surface area contributed by atoms with Crippen LogP contribution in [0.25, 0.3) is 0 Å². The highest BCUT2D eigenvalue weighted by molar-refractivity contribution is 7.08. The van der Waals surface area contributed by atoms with E-state index in [4.69, 9.17) is 0 Å². The maximum Gasteiger partial charge on any atom is 0.573 e. The lowest BCUT2D eigenvalue weighted by Crippen LogP contribution is -2.17. The molecule has 2 nitrogen and oxygen atoms in total. The van der Waals surface area contributed by atoms with Gasteiger partial charge >= 0.3 is 6.36 Å². The topological polar surface area (TPSA) is 29.5 Å². The zero-order valence-corrected chi connectivity index (χ0v) is 11.5. The predicted molar refractivity (Wildman–Crippen MR) is 70.8 cm³/mol. The summed E-state index contributed by atoms with van der Waals surface area (Å²) in [7, 11) is 0. The molecule has 108 valence electrons. The Morgan fingerprint density at radius 3 is 2.35 bits per heavy atom. The van der Waals surface area contributed by atoms with Gasteiger partial charge in [-0.15, -0.1) is 13.2 Å². The van der Waals surface area contributed by atoms with E-state index >= 15 is 0 Å². The average Bonchev–Trinajstić information content (AvgIpc) is 2.76. The van der Waals surface area contributed by atoms with E-state index in [1.54, 1.807) is 0 Å². The van der Waals surface area contributed by atoms with Crippen molar-refractivity contribution in [2.75, 3.05) is 0 Å². The van der Waals surface area contributed by atoms with Gasteiger partial charge in [-0.2, -0.15) is 11.3 Å². The molecule has 2 rings (SSSR count). The van der Waals surface area contributed by atoms with Crippen molar-refractivity contribution in [3.63, 3.8) is 0 Å². The zero-order chi connectivity index (χ0) is 14.8. The number of benzene rings is 1. The first kappa shape index (κ1) is 14.9. The summed E-state index contributed by atoms with van der Waals surface area (Å²) in [6, 6.07) is 5.53. The molecule has 0 fully saturated rings. The van der Waals surface area contributed by atoms with Crippen LogP contribution in [-0.4, -0.2) is 11.5 Å². The molecule has 0 amide bonds. The van der Waals surface area contributed by atoms with Crippen LogP contribution in [0.5, 0.6) is 5.75 Å². The van der Waals surface area contributed by atoms with Crippen molar-refractivity contribution in [2.45, 2.75) is 25.8 Å². The second-order valence-electron chi connectivity index (χ2n) is 4.42. The third kappa shape index (κ3) is 3.98. The maximum atomic E-state index is 12.0. The smallest absolute Gasteiger partial charge is 0.406 e. The molecule has 6 heteroatoms. The van der Waals surface area contributed by atoms with Gasteiger partial charge in [0, 0.05) is 6.42 Å². The van der Waals surface area contributed by atoms with Crippen LogP contribution < -0.4 is 4.74 Å². The quantitative estimate of drug-likeness (QED) is 0.915. The molecule has 20 heavy (non-hydrogen) atoms. The zero-order valence-electron chi connectivity index (χ0n) is 10.6. The van der Waals surface area contributed by atoms with E-state index in [0.29, 0.717) is 6.42 Å². The van der Waals surface area contributed by atoms with Crippen LogP contribution in [0.15, 0.2) is 35.0 Å².